The quantitative estimate of drug-likeness (QED) is 0.489. The summed E-state index contributed by atoms with van der Waals surface area (Å²) >= 11 is 1.96. The Kier molecular flexibility index (Phi) is 7.23. The standard InChI is InChI=1S/C8H14INO2/c1-3-5-6-10-8(11)12-7(9)4-2/h4H,3,5-6H2,1-2H3,(H,10,11)/b7-4-. The van der Waals surface area contributed by atoms with Crippen molar-refractivity contribution in [1.29, 1.82) is 0 Å². The van der Waals surface area contributed by atoms with Crippen LogP contribution in [0.1, 0.15) is 26.7 Å². The van der Waals surface area contributed by atoms with E-state index in [-0.39, 0.29) is 6.09 Å². The molecule has 0 aromatic carbocycles. The minimum absolute atomic E-state index is 0.369. The van der Waals surface area contributed by atoms with E-state index < -0.39 is 0 Å². The Labute approximate surface area is 86.7 Å². The molecule has 12 heavy (non-hydrogen) atoms. The number of hydrogen-bond donors (Lipinski definition) is 1. The zero-order valence-electron chi connectivity index (χ0n) is 7.39. The average Bonchev–Trinajstić information content (AvgIpc) is 2.05. The molecule has 0 aromatic rings. The lowest BCUT2D eigenvalue weighted by Crippen LogP contribution is -2.24. The molecule has 0 spiro atoms. The summed E-state index contributed by atoms with van der Waals surface area (Å²) in [6.07, 6.45) is 3.42. The topological polar surface area (TPSA) is 38.3 Å². The molecule has 0 aliphatic heterocycles. The van der Waals surface area contributed by atoms with Gasteiger partial charge in [0.05, 0.1) is 0 Å². The van der Waals surface area contributed by atoms with Crippen LogP contribution in [0.2, 0.25) is 0 Å². The first-order chi connectivity index (χ1) is 5.70. The van der Waals surface area contributed by atoms with Crippen molar-refractivity contribution >= 4 is 28.7 Å². The molecule has 0 saturated carbocycles. The van der Waals surface area contributed by atoms with Crippen LogP contribution in [0.3, 0.4) is 0 Å². The van der Waals surface area contributed by atoms with E-state index in [0.717, 1.165) is 12.8 Å². The summed E-state index contributed by atoms with van der Waals surface area (Å²) in [5.74, 6) is 0. The molecule has 4 heteroatoms. The fraction of sp³-hybridized carbons (Fsp3) is 0.625. The molecule has 3 nitrogen and oxygen atoms in total. The molecule has 0 fully saturated rings. The lowest BCUT2D eigenvalue weighted by molar-refractivity contribution is 0.184. The van der Waals surface area contributed by atoms with E-state index in [1.165, 1.54) is 0 Å². The molecule has 0 saturated heterocycles. The van der Waals surface area contributed by atoms with Gasteiger partial charge >= 0.3 is 6.09 Å². The van der Waals surface area contributed by atoms with Crippen LogP contribution in [0.15, 0.2) is 9.84 Å². The van der Waals surface area contributed by atoms with Crippen LogP contribution in [0.4, 0.5) is 4.79 Å². The SMILES string of the molecule is C/C=C(/I)OC(=O)NCCCC. The summed E-state index contributed by atoms with van der Waals surface area (Å²) in [5, 5.41) is 2.64. The normalized spacial score (nSPS) is 11.1. The highest BCUT2D eigenvalue weighted by Crippen LogP contribution is 2.06. The largest absolute Gasteiger partial charge is 0.413 e. The number of rotatable bonds is 4. The van der Waals surface area contributed by atoms with Gasteiger partial charge in [0.1, 0.15) is 0 Å². The number of halogens is 1. The maximum Gasteiger partial charge on any atom is 0.413 e. The maximum absolute atomic E-state index is 10.9. The lowest BCUT2D eigenvalue weighted by atomic mass is 10.3. The third kappa shape index (κ3) is 6.45. The Bertz CT molecular complexity index is 168. The van der Waals surface area contributed by atoms with Gasteiger partial charge in [-0.1, -0.05) is 13.3 Å². The third-order valence-electron chi connectivity index (χ3n) is 1.22. The van der Waals surface area contributed by atoms with Crippen LogP contribution in [-0.2, 0) is 4.74 Å². The van der Waals surface area contributed by atoms with Crippen molar-refractivity contribution in [3.05, 3.63) is 9.84 Å². The van der Waals surface area contributed by atoms with Crippen molar-refractivity contribution in [2.24, 2.45) is 0 Å². The molecule has 1 N–H and O–H groups in total. The summed E-state index contributed by atoms with van der Waals surface area (Å²) < 4.78 is 5.44. The molecule has 0 radical (unpaired) electrons. The van der Waals surface area contributed by atoms with Crippen LogP contribution >= 0.6 is 22.6 Å². The fourth-order valence-corrected chi connectivity index (χ4v) is 0.751. The van der Waals surface area contributed by atoms with Gasteiger partial charge in [-0.05, 0) is 42.0 Å². The Hall–Kier alpha value is -0.260. The molecular formula is C8H14INO2. The van der Waals surface area contributed by atoms with E-state index in [4.69, 9.17) is 4.74 Å². The van der Waals surface area contributed by atoms with Crippen molar-refractivity contribution < 1.29 is 9.53 Å². The van der Waals surface area contributed by atoms with E-state index in [9.17, 15) is 4.79 Å². The van der Waals surface area contributed by atoms with E-state index in [1.54, 1.807) is 6.08 Å². The molecule has 0 rings (SSSR count). The Morgan fingerprint density at radius 1 is 1.67 bits per heavy atom. The summed E-state index contributed by atoms with van der Waals surface area (Å²) in [7, 11) is 0. The van der Waals surface area contributed by atoms with Crippen molar-refractivity contribution in [3.8, 4) is 0 Å². The number of alkyl carbamates (subject to hydrolysis) is 1. The highest BCUT2D eigenvalue weighted by molar-refractivity contribution is 14.1. The number of hydrogen-bond acceptors (Lipinski definition) is 2. The van der Waals surface area contributed by atoms with Gasteiger partial charge in [-0.2, -0.15) is 0 Å². The fourth-order valence-electron chi connectivity index (χ4n) is 0.551. The van der Waals surface area contributed by atoms with Gasteiger partial charge in [-0.15, -0.1) is 0 Å². The van der Waals surface area contributed by atoms with E-state index in [1.807, 2.05) is 29.5 Å². The van der Waals surface area contributed by atoms with E-state index in [0.29, 0.717) is 10.3 Å². The van der Waals surface area contributed by atoms with Crippen LogP contribution in [-0.4, -0.2) is 12.6 Å². The van der Waals surface area contributed by atoms with Crippen molar-refractivity contribution in [3.63, 3.8) is 0 Å². The van der Waals surface area contributed by atoms with Gasteiger partial charge < -0.3 is 10.1 Å². The number of allylic oxidation sites excluding steroid dienone is 1. The van der Waals surface area contributed by atoms with Crippen molar-refractivity contribution in [2.45, 2.75) is 26.7 Å². The molecule has 1 amide bonds. The second-order valence-corrected chi connectivity index (χ2v) is 3.33. The minimum atomic E-state index is -0.369. The Morgan fingerprint density at radius 2 is 2.33 bits per heavy atom. The molecule has 0 atom stereocenters. The summed E-state index contributed by atoms with van der Waals surface area (Å²) in [6.45, 7) is 4.58. The van der Waals surface area contributed by atoms with Gasteiger partial charge in [0.25, 0.3) is 0 Å². The van der Waals surface area contributed by atoms with Gasteiger partial charge in [0, 0.05) is 6.54 Å². The highest BCUT2D eigenvalue weighted by Gasteiger charge is 2.01. The van der Waals surface area contributed by atoms with E-state index >= 15 is 0 Å². The second-order valence-electron chi connectivity index (χ2n) is 2.26. The number of carbonyl (C=O) groups is 1. The number of amides is 1. The van der Waals surface area contributed by atoms with E-state index in [2.05, 4.69) is 12.2 Å². The first kappa shape index (κ1) is 11.7. The van der Waals surface area contributed by atoms with Gasteiger partial charge in [0.15, 0.2) is 3.77 Å². The molecule has 0 aliphatic rings. The molecular weight excluding hydrogens is 269 g/mol. The highest BCUT2D eigenvalue weighted by atomic mass is 127. The maximum atomic E-state index is 10.9. The van der Waals surface area contributed by atoms with Crippen LogP contribution < -0.4 is 5.32 Å². The Balaban J connectivity index is 3.47. The molecule has 0 heterocycles. The summed E-state index contributed by atoms with van der Waals surface area (Å²) in [6, 6.07) is 0. The summed E-state index contributed by atoms with van der Waals surface area (Å²) in [4.78, 5) is 10.9. The zero-order chi connectivity index (χ0) is 9.40. The number of unbranched alkanes of at least 4 members (excludes halogenated alkanes) is 1. The molecule has 0 aromatic heterocycles. The first-order valence-electron chi connectivity index (χ1n) is 3.98. The van der Waals surface area contributed by atoms with Crippen LogP contribution in [0, 0.1) is 0 Å². The number of nitrogens with one attached hydrogen (secondary N) is 1. The predicted octanol–water partition coefficient (Wildman–Crippen LogP) is 2.81. The Morgan fingerprint density at radius 3 is 2.83 bits per heavy atom. The van der Waals surface area contributed by atoms with Gasteiger partial charge in [-0.3, -0.25) is 0 Å². The molecule has 0 aliphatic carbocycles. The zero-order valence-corrected chi connectivity index (χ0v) is 9.55. The lowest BCUT2D eigenvalue weighted by Gasteiger charge is -2.03. The smallest absolute Gasteiger partial charge is 0.404 e. The number of ether oxygens (including phenoxy) is 1. The van der Waals surface area contributed by atoms with Gasteiger partial charge in [0.2, 0.25) is 0 Å². The molecule has 70 valence electrons. The minimum Gasteiger partial charge on any atom is -0.404 e. The van der Waals surface area contributed by atoms with Crippen LogP contribution in [0.25, 0.3) is 0 Å². The first-order valence-corrected chi connectivity index (χ1v) is 5.06. The van der Waals surface area contributed by atoms with Gasteiger partial charge in [-0.25, -0.2) is 4.79 Å². The third-order valence-corrected chi connectivity index (χ3v) is 2.06. The van der Waals surface area contributed by atoms with Crippen molar-refractivity contribution in [1.82, 2.24) is 5.32 Å². The number of carbonyl (C=O) groups excluding carboxylic acids is 1. The second kappa shape index (κ2) is 7.39. The van der Waals surface area contributed by atoms with Crippen LogP contribution in [0.5, 0.6) is 0 Å². The monoisotopic (exact) mass is 283 g/mol. The molecule has 0 bridgehead atoms. The molecule has 0 unspecified atom stereocenters. The summed E-state index contributed by atoms with van der Waals surface area (Å²) in [5.41, 5.74) is 0. The predicted molar refractivity (Wildman–Crippen MR) is 57.2 cm³/mol. The average molecular weight is 283 g/mol. The van der Waals surface area contributed by atoms with Crippen molar-refractivity contribution in [2.75, 3.05) is 6.54 Å².